The second-order valence-corrected chi connectivity index (χ2v) is 6.02. The minimum absolute atomic E-state index is 0. The van der Waals surface area contributed by atoms with Gasteiger partial charge in [-0.1, -0.05) is 42.5 Å². The van der Waals surface area contributed by atoms with Crippen LogP contribution < -0.4 is 5.32 Å². The summed E-state index contributed by atoms with van der Waals surface area (Å²) in [6, 6.07) is 15.1. The number of rotatable bonds is 2. The Morgan fingerprint density at radius 1 is 1.18 bits per heavy atom. The Labute approximate surface area is 138 Å². The van der Waals surface area contributed by atoms with Gasteiger partial charge in [-0.2, -0.15) is 0 Å². The molecule has 0 radical (unpaired) electrons. The molecule has 3 nitrogen and oxygen atoms in total. The first-order valence-electron chi connectivity index (χ1n) is 7.64. The first-order chi connectivity index (χ1) is 10.1. The minimum atomic E-state index is 0. The highest BCUT2D eigenvalue weighted by Crippen LogP contribution is 2.20. The summed E-state index contributed by atoms with van der Waals surface area (Å²) in [6.07, 6.45) is 0.485. The van der Waals surface area contributed by atoms with E-state index >= 15 is 0 Å². The fourth-order valence-corrected chi connectivity index (χ4v) is 3.08. The van der Waals surface area contributed by atoms with Crippen molar-refractivity contribution in [2.75, 3.05) is 13.1 Å². The van der Waals surface area contributed by atoms with Gasteiger partial charge in [0, 0.05) is 25.2 Å². The first kappa shape index (κ1) is 16.8. The summed E-state index contributed by atoms with van der Waals surface area (Å²) in [5.41, 5.74) is 1.12. The third-order valence-corrected chi connectivity index (χ3v) is 4.31. The largest absolute Gasteiger partial charge is 0.337 e. The molecule has 1 aliphatic heterocycles. The SMILES string of the molecule is CC1CN(C(=O)Cc2cccc3ccccc23)C(C)CN1.Cl. The first-order valence-corrected chi connectivity index (χ1v) is 7.64. The molecule has 0 bridgehead atoms. The van der Waals surface area contributed by atoms with Gasteiger partial charge in [0.15, 0.2) is 0 Å². The molecule has 1 aliphatic rings. The van der Waals surface area contributed by atoms with Gasteiger partial charge in [0.05, 0.1) is 6.42 Å². The van der Waals surface area contributed by atoms with Gasteiger partial charge in [0.2, 0.25) is 5.91 Å². The van der Waals surface area contributed by atoms with E-state index in [9.17, 15) is 4.79 Å². The zero-order chi connectivity index (χ0) is 14.8. The van der Waals surface area contributed by atoms with Crippen LogP contribution in [-0.4, -0.2) is 36.0 Å². The van der Waals surface area contributed by atoms with Crippen molar-refractivity contribution < 1.29 is 4.79 Å². The molecule has 2 aromatic carbocycles. The average molecular weight is 319 g/mol. The number of hydrogen-bond donors (Lipinski definition) is 1. The van der Waals surface area contributed by atoms with Crippen molar-refractivity contribution >= 4 is 29.1 Å². The summed E-state index contributed by atoms with van der Waals surface area (Å²) >= 11 is 0. The van der Waals surface area contributed by atoms with Crippen molar-refractivity contribution in [1.29, 1.82) is 0 Å². The molecule has 3 rings (SSSR count). The molecule has 2 aromatic rings. The number of amides is 1. The molecule has 4 heteroatoms. The van der Waals surface area contributed by atoms with Crippen LogP contribution in [0.1, 0.15) is 19.4 Å². The molecule has 1 N–H and O–H groups in total. The van der Waals surface area contributed by atoms with Crippen LogP contribution in [0.2, 0.25) is 0 Å². The van der Waals surface area contributed by atoms with Crippen LogP contribution in [0, 0.1) is 0 Å². The van der Waals surface area contributed by atoms with E-state index in [-0.39, 0.29) is 24.4 Å². The smallest absolute Gasteiger partial charge is 0.227 e. The van der Waals surface area contributed by atoms with Gasteiger partial charge in [-0.05, 0) is 30.2 Å². The van der Waals surface area contributed by atoms with Gasteiger partial charge in [-0.25, -0.2) is 0 Å². The van der Waals surface area contributed by atoms with Crippen molar-refractivity contribution in [2.24, 2.45) is 0 Å². The van der Waals surface area contributed by atoms with Crippen molar-refractivity contribution in [1.82, 2.24) is 10.2 Å². The third kappa shape index (κ3) is 3.42. The van der Waals surface area contributed by atoms with E-state index in [0.29, 0.717) is 12.5 Å². The van der Waals surface area contributed by atoms with Gasteiger partial charge < -0.3 is 10.2 Å². The predicted octanol–water partition coefficient (Wildman–Crippen LogP) is 3.01. The van der Waals surface area contributed by atoms with Gasteiger partial charge in [-0.3, -0.25) is 4.79 Å². The molecule has 1 amide bonds. The predicted molar refractivity (Wildman–Crippen MR) is 93.5 cm³/mol. The Morgan fingerprint density at radius 2 is 1.91 bits per heavy atom. The number of hydrogen-bond acceptors (Lipinski definition) is 2. The number of piperazine rings is 1. The molecule has 1 fully saturated rings. The summed E-state index contributed by atoms with van der Waals surface area (Å²) in [5.74, 6) is 0.229. The van der Waals surface area contributed by atoms with Crippen LogP contribution in [0.3, 0.4) is 0 Å². The molecule has 0 spiro atoms. The van der Waals surface area contributed by atoms with Crippen LogP contribution >= 0.6 is 12.4 Å². The molecule has 118 valence electrons. The van der Waals surface area contributed by atoms with Crippen LogP contribution in [0.5, 0.6) is 0 Å². The van der Waals surface area contributed by atoms with E-state index in [1.807, 2.05) is 23.1 Å². The highest BCUT2D eigenvalue weighted by Gasteiger charge is 2.26. The zero-order valence-electron chi connectivity index (χ0n) is 13.1. The Hall–Kier alpha value is -1.58. The molecular formula is C18H23ClN2O. The van der Waals surface area contributed by atoms with Crippen LogP contribution in [0.15, 0.2) is 42.5 Å². The van der Waals surface area contributed by atoms with Crippen molar-refractivity contribution in [3.63, 3.8) is 0 Å². The number of carbonyl (C=O) groups excluding carboxylic acids is 1. The van der Waals surface area contributed by atoms with Gasteiger partial charge in [0.25, 0.3) is 0 Å². The summed E-state index contributed by atoms with van der Waals surface area (Å²) in [6.45, 7) is 5.91. The number of fused-ring (bicyclic) bond motifs is 1. The van der Waals surface area contributed by atoms with Crippen LogP contribution in [0.25, 0.3) is 10.8 Å². The highest BCUT2D eigenvalue weighted by atomic mass is 35.5. The molecule has 0 aromatic heterocycles. The molecule has 1 saturated heterocycles. The van der Waals surface area contributed by atoms with Crippen molar-refractivity contribution in [2.45, 2.75) is 32.4 Å². The van der Waals surface area contributed by atoms with Crippen molar-refractivity contribution in [3.05, 3.63) is 48.0 Å². The molecule has 22 heavy (non-hydrogen) atoms. The fraction of sp³-hybridized carbons (Fsp3) is 0.389. The number of carbonyl (C=O) groups is 1. The minimum Gasteiger partial charge on any atom is -0.337 e. The summed E-state index contributed by atoms with van der Waals surface area (Å²) < 4.78 is 0. The summed E-state index contributed by atoms with van der Waals surface area (Å²) in [4.78, 5) is 14.7. The van der Waals surface area contributed by atoms with E-state index in [1.165, 1.54) is 10.8 Å². The Bertz CT molecular complexity index is 653. The monoisotopic (exact) mass is 318 g/mol. The second kappa shape index (κ2) is 7.12. The number of nitrogens with zero attached hydrogens (tertiary/aromatic N) is 1. The van der Waals surface area contributed by atoms with Gasteiger partial charge in [0.1, 0.15) is 0 Å². The summed E-state index contributed by atoms with van der Waals surface area (Å²) in [5, 5.41) is 5.80. The lowest BCUT2D eigenvalue weighted by Gasteiger charge is -2.37. The maximum atomic E-state index is 12.7. The standard InChI is InChI=1S/C18H22N2O.ClH/c1-13-12-20(14(2)11-19-13)18(21)10-16-8-5-7-15-6-3-4-9-17(15)16;/h3-9,13-14,19H,10-12H2,1-2H3;1H. The van der Waals surface area contributed by atoms with Gasteiger partial charge in [-0.15, -0.1) is 12.4 Å². The van der Waals surface area contributed by atoms with E-state index in [1.54, 1.807) is 0 Å². The topological polar surface area (TPSA) is 32.3 Å². The third-order valence-electron chi connectivity index (χ3n) is 4.31. The molecule has 2 unspecified atom stereocenters. The lowest BCUT2D eigenvalue weighted by Crippen LogP contribution is -2.56. The molecule has 0 saturated carbocycles. The van der Waals surface area contributed by atoms with Crippen LogP contribution in [-0.2, 0) is 11.2 Å². The normalized spacial score (nSPS) is 21.5. The maximum Gasteiger partial charge on any atom is 0.227 e. The van der Waals surface area contributed by atoms with Crippen LogP contribution in [0.4, 0.5) is 0 Å². The molecule has 2 atom stereocenters. The van der Waals surface area contributed by atoms with E-state index in [2.05, 4.69) is 43.4 Å². The van der Waals surface area contributed by atoms with Gasteiger partial charge >= 0.3 is 0 Å². The Morgan fingerprint density at radius 3 is 2.73 bits per heavy atom. The average Bonchev–Trinajstić information content (AvgIpc) is 2.50. The Balaban J connectivity index is 0.00000176. The summed E-state index contributed by atoms with van der Waals surface area (Å²) in [7, 11) is 0. The molecular weight excluding hydrogens is 296 g/mol. The highest BCUT2D eigenvalue weighted by molar-refractivity contribution is 5.90. The number of benzene rings is 2. The lowest BCUT2D eigenvalue weighted by atomic mass is 10.0. The number of nitrogens with one attached hydrogen (secondary N) is 1. The Kier molecular flexibility index (Phi) is 5.43. The van der Waals surface area contributed by atoms with E-state index in [4.69, 9.17) is 0 Å². The quantitative estimate of drug-likeness (QED) is 0.923. The molecule has 1 heterocycles. The van der Waals surface area contributed by atoms with E-state index < -0.39 is 0 Å². The fourth-order valence-electron chi connectivity index (χ4n) is 3.08. The van der Waals surface area contributed by atoms with E-state index in [0.717, 1.165) is 18.7 Å². The second-order valence-electron chi connectivity index (χ2n) is 6.02. The lowest BCUT2D eigenvalue weighted by molar-refractivity contribution is -0.133. The zero-order valence-corrected chi connectivity index (χ0v) is 13.9. The molecule has 0 aliphatic carbocycles. The maximum absolute atomic E-state index is 12.7. The van der Waals surface area contributed by atoms with Crippen molar-refractivity contribution in [3.8, 4) is 0 Å². The number of halogens is 1.